The van der Waals surface area contributed by atoms with Crippen LogP contribution in [0.2, 0.25) is 0 Å². The second-order valence-corrected chi connectivity index (χ2v) is 21.4. The average Bonchev–Trinajstić information content (AvgIpc) is 4.03. The van der Waals surface area contributed by atoms with Gasteiger partial charge in [-0.1, -0.05) is 144 Å². The van der Waals surface area contributed by atoms with Crippen LogP contribution in [0.4, 0.5) is 8.78 Å². The van der Waals surface area contributed by atoms with E-state index in [9.17, 15) is 0 Å². The van der Waals surface area contributed by atoms with E-state index in [1.807, 2.05) is 35.7 Å². The van der Waals surface area contributed by atoms with Crippen molar-refractivity contribution in [2.45, 2.75) is 145 Å². The van der Waals surface area contributed by atoms with Crippen LogP contribution in [0.3, 0.4) is 0 Å². The maximum atomic E-state index is 16.0. The maximum Gasteiger partial charge on any atom is 0.132 e. The van der Waals surface area contributed by atoms with Crippen molar-refractivity contribution in [1.29, 1.82) is 0 Å². The van der Waals surface area contributed by atoms with Gasteiger partial charge < -0.3 is 0 Å². The second kappa shape index (κ2) is 25.0. The number of unbranched alkanes of at least 4 members (excludes halogenated alkanes) is 2. The maximum absolute atomic E-state index is 16.0. The van der Waals surface area contributed by atoms with Gasteiger partial charge in [-0.3, -0.25) is 0 Å². The van der Waals surface area contributed by atoms with Crippen LogP contribution in [0, 0.1) is 29.4 Å². The van der Waals surface area contributed by atoms with Gasteiger partial charge >= 0.3 is 0 Å². The third-order valence-electron chi connectivity index (χ3n) is 12.2. The molecule has 2 aromatic heterocycles. The van der Waals surface area contributed by atoms with Crippen molar-refractivity contribution < 1.29 is 8.78 Å². The summed E-state index contributed by atoms with van der Waals surface area (Å²) in [6.45, 7) is 22.8. The van der Waals surface area contributed by atoms with Crippen LogP contribution in [-0.2, 0) is 12.8 Å². The van der Waals surface area contributed by atoms with Crippen LogP contribution >= 0.6 is 46.2 Å². The number of nitrogens with zero attached hydrogens (tertiary/aromatic N) is 1. The van der Waals surface area contributed by atoms with Gasteiger partial charge in [-0.25, -0.2) is 13.8 Å². The number of halogens is 2. The number of hydrogen-bond acceptors (Lipinski definition) is 5. The predicted octanol–water partition coefficient (Wildman–Crippen LogP) is 18.8. The molecule has 3 atom stereocenters. The molecule has 4 aromatic rings. The molecule has 1 aliphatic heterocycles. The summed E-state index contributed by atoms with van der Waals surface area (Å²) >= 11 is 6.97. The quantitative estimate of drug-likeness (QED) is 0.0657. The minimum atomic E-state index is -0.165. The van der Waals surface area contributed by atoms with Gasteiger partial charge in [-0.15, -0.1) is 46.2 Å². The van der Waals surface area contributed by atoms with Gasteiger partial charge in [-0.05, 0) is 103 Å². The molecule has 5 rings (SSSR count). The van der Waals surface area contributed by atoms with Crippen molar-refractivity contribution in [2.75, 3.05) is 11.5 Å². The summed E-state index contributed by atoms with van der Waals surface area (Å²) in [4.78, 5) is 10.5. The molecule has 0 amide bonds. The molecular weight excluding hydrogens is 829 g/mol. The highest BCUT2D eigenvalue weighted by atomic mass is 32.2. The first-order valence-electron chi connectivity index (χ1n) is 23.3. The zero-order chi connectivity index (χ0) is 43.9. The lowest BCUT2D eigenvalue weighted by molar-refractivity contribution is 0.421. The van der Waals surface area contributed by atoms with Gasteiger partial charge in [0.1, 0.15) is 16.7 Å². The Morgan fingerprint density at radius 2 is 1.28 bits per heavy atom. The van der Waals surface area contributed by atoms with Crippen molar-refractivity contribution in [2.24, 2.45) is 22.7 Å². The van der Waals surface area contributed by atoms with E-state index in [4.69, 9.17) is 11.6 Å². The van der Waals surface area contributed by atoms with Gasteiger partial charge in [0.15, 0.2) is 0 Å². The number of allylic oxidation sites excluding steroid dienone is 2. The second-order valence-electron chi connectivity index (χ2n) is 17.2. The molecule has 0 spiro atoms. The van der Waals surface area contributed by atoms with Crippen molar-refractivity contribution >= 4 is 62.5 Å². The van der Waals surface area contributed by atoms with E-state index < -0.39 is 0 Å². The van der Waals surface area contributed by atoms with Crippen molar-refractivity contribution in [1.82, 2.24) is 0 Å². The number of benzene rings is 2. The van der Waals surface area contributed by atoms with Gasteiger partial charge in [0.05, 0.1) is 10.6 Å². The van der Waals surface area contributed by atoms with Crippen LogP contribution in [0.15, 0.2) is 88.3 Å². The van der Waals surface area contributed by atoms with Gasteiger partial charge in [0.2, 0.25) is 0 Å². The molecule has 61 heavy (non-hydrogen) atoms. The Bertz CT molecular complexity index is 2130. The molecule has 0 fully saturated rings. The SMILES string of the molecule is C=C(SCC(C)CCC)C1=C(c2ccc(-c3ccc(CCC(CC)CCCC)cc3F)s2)N=C(SCC(CC)CCCC)/C1=C(/C)c1ccc(-c2ccc(CCC)cc2F)s1. The third kappa shape index (κ3) is 13.4. The van der Waals surface area contributed by atoms with Crippen LogP contribution in [0.25, 0.3) is 32.2 Å². The Hall–Kier alpha value is -2.71. The Balaban J connectivity index is 1.57. The number of rotatable bonds is 25. The number of thiophene rings is 2. The van der Waals surface area contributed by atoms with Crippen LogP contribution < -0.4 is 0 Å². The zero-order valence-electron chi connectivity index (χ0n) is 38.4. The van der Waals surface area contributed by atoms with Crippen molar-refractivity contribution in [3.63, 3.8) is 0 Å². The minimum Gasteiger partial charge on any atom is -0.239 e. The van der Waals surface area contributed by atoms with E-state index in [1.165, 1.54) is 51.4 Å². The first-order valence-corrected chi connectivity index (χ1v) is 26.9. The number of hydrogen-bond donors (Lipinski definition) is 0. The molecule has 1 nitrogen and oxygen atoms in total. The molecule has 7 heteroatoms. The third-order valence-corrected chi connectivity index (χ3v) is 17.1. The highest BCUT2D eigenvalue weighted by Gasteiger charge is 2.32. The smallest absolute Gasteiger partial charge is 0.132 e. The fourth-order valence-electron chi connectivity index (χ4n) is 8.28. The Morgan fingerprint density at radius 3 is 1.89 bits per heavy atom. The topological polar surface area (TPSA) is 12.4 Å². The van der Waals surface area contributed by atoms with E-state index in [2.05, 4.69) is 91.8 Å². The molecule has 0 aliphatic carbocycles. The highest BCUT2D eigenvalue weighted by molar-refractivity contribution is 8.14. The standard InChI is InChI=1S/C54H71F2NS4/c1-10-16-20-39(14-5)22-23-42-25-27-44(46(56)33-42)49-30-31-50(61-49)53-52(38(9)58-34-36(7)18-12-3)51(54(57-53)59-35-40(15-6)21-17-11-2)37(8)47-28-29-48(60-47)43-26-24-41(19-13-4)32-45(43)55/h24-33,36,39-40H,9-23,34-35H2,1-8H3/b51-37-. The molecule has 0 bridgehead atoms. The van der Waals surface area contributed by atoms with E-state index in [1.54, 1.807) is 34.8 Å². The minimum absolute atomic E-state index is 0.156. The lowest BCUT2D eigenvalue weighted by atomic mass is 9.92. The van der Waals surface area contributed by atoms with Crippen molar-refractivity contribution in [3.8, 4) is 20.9 Å². The summed E-state index contributed by atoms with van der Waals surface area (Å²) in [5, 5.41) is 1.03. The molecule has 0 radical (unpaired) electrons. The number of aryl methyl sites for hydroxylation is 2. The predicted molar refractivity (Wildman–Crippen MR) is 273 cm³/mol. The molecular formula is C54H71F2NS4. The fraction of sp³-hybridized carbons (Fsp3) is 0.500. The normalized spacial score (nSPS) is 15.3. The monoisotopic (exact) mass is 899 g/mol. The first-order chi connectivity index (χ1) is 29.5. The van der Waals surface area contributed by atoms with E-state index in [0.29, 0.717) is 28.9 Å². The van der Waals surface area contributed by atoms with E-state index in [0.717, 1.165) is 113 Å². The number of thioether (sulfide) groups is 2. The molecule has 0 saturated carbocycles. The van der Waals surface area contributed by atoms with Crippen molar-refractivity contribution in [3.05, 3.63) is 116 Å². The summed E-state index contributed by atoms with van der Waals surface area (Å²) < 4.78 is 31.6. The molecule has 1 aliphatic rings. The van der Waals surface area contributed by atoms with Crippen LogP contribution in [0.1, 0.15) is 153 Å². The lowest BCUT2D eigenvalue weighted by Gasteiger charge is -2.18. The van der Waals surface area contributed by atoms with Gasteiger partial charge in [-0.2, -0.15) is 0 Å². The summed E-state index contributed by atoms with van der Waals surface area (Å²) in [7, 11) is 0. The molecule has 3 heterocycles. The molecule has 3 unspecified atom stereocenters. The van der Waals surface area contributed by atoms with Crippen LogP contribution in [0.5, 0.6) is 0 Å². The lowest BCUT2D eigenvalue weighted by Crippen LogP contribution is -2.08. The Morgan fingerprint density at radius 1 is 0.672 bits per heavy atom. The summed E-state index contributed by atoms with van der Waals surface area (Å²) in [6, 6.07) is 20.0. The molecule has 330 valence electrons. The molecule has 2 aromatic carbocycles. The Kier molecular flexibility index (Phi) is 20.2. The number of aliphatic imine (C=N–C) groups is 1. The molecule has 0 saturated heterocycles. The summed E-state index contributed by atoms with van der Waals surface area (Å²) in [5.41, 5.74) is 7.69. The Labute approximate surface area is 385 Å². The molecule has 0 N–H and O–H groups in total. The van der Waals surface area contributed by atoms with Crippen LogP contribution in [-0.4, -0.2) is 16.5 Å². The summed E-state index contributed by atoms with van der Waals surface area (Å²) in [6.07, 6.45) is 15.9. The zero-order valence-corrected chi connectivity index (χ0v) is 41.6. The van der Waals surface area contributed by atoms with Gasteiger partial charge in [0.25, 0.3) is 0 Å². The fourth-order valence-corrected chi connectivity index (χ4v) is 12.7. The first kappa shape index (κ1) is 49.3. The van der Waals surface area contributed by atoms with Gasteiger partial charge in [0, 0.05) is 53.3 Å². The summed E-state index contributed by atoms with van der Waals surface area (Å²) in [5.74, 6) is 3.52. The largest absolute Gasteiger partial charge is 0.239 e. The average molecular weight is 900 g/mol. The highest BCUT2D eigenvalue weighted by Crippen LogP contribution is 2.49. The van der Waals surface area contributed by atoms with E-state index in [-0.39, 0.29) is 11.6 Å². The van der Waals surface area contributed by atoms with E-state index >= 15 is 8.78 Å².